The normalized spacial score (nSPS) is 24.7. The first-order chi connectivity index (χ1) is 14.6. The Morgan fingerprint density at radius 2 is 1.61 bits per heavy atom. The van der Waals surface area contributed by atoms with Crippen LogP contribution in [0.2, 0.25) is 0 Å². The second-order valence-corrected chi connectivity index (χ2v) is 9.80. The fourth-order valence-corrected chi connectivity index (χ4v) is 5.74. The van der Waals surface area contributed by atoms with Crippen LogP contribution in [0, 0.1) is 17.3 Å². The van der Waals surface area contributed by atoms with Crippen LogP contribution < -0.4 is 14.2 Å². The molecule has 0 heterocycles. The van der Waals surface area contributed by atoms with E-state index in [2.05, 4.69) is 13.8 Å². The van der Waals surface area contributed by atoms with Crippen LogP contribution in [0.3, 0.4) is 0 Å². The van der Waals surface area contributed by atoms with E-state index in [1.165, 1.54) is 6.92 Å². The molecule has 1 fully saturated rings. The van der Waals surface area contributed by atoms with Gasteiger partial charge in [-0.15, -0.1) is 0 Å². The van der Waals surface area contributed by atoms with Crippen molar-refractivity contribution >= 4 is 11.8 Å². The first kappa shape index (κ1) is 23.4. The summed E-state index contributed by atoms with van der Waals surface area (Å²) in [6.45, 7) is 9.98. The van der Waals surface area contributed by atoms with E-state index in [1.807, 2.05) is 13.8 Å². The van der Waals surface area contributed by atoms with Crippen LogP contribution in [-0.2, 0) is 16.0 Å². The standard InChI is InChI=1S/C25H36O6/c1-13(2)20-23(29-7)21-16(22(28-6)24(20)30-8)11-15-17(12-18(21)27)25(4,5)10-9-19(15)31-14(3)26/h13,15,17,19H,9-12H2,1-8H3/t15-,17-,19+/m1/s1. The molecule has 0 N–H and O–H groups in total. The van der Waals surface area contributed by atoms with Crippen LogP contribution in [0.25, 0.3) is 0 Å². The zero-order valence-electron chi connectivity index (χ0n) is 20.1. The smallest absolute Gasteiger partial charge is 0.302 e. The maximum Gasteiger partial charge on any atom is 0.302 e. The van der Waals surface area contributed by atoms with Gasteiger partial charge in [-0.1, -0.05) is 27.7 Å². The number of carbonyl (C=O) groups is 2. The summed E-state index contributed by atoms with van der Waals surface area (Å²) in [4.78, 5) is 25.5. The Morgan fingerprint density at radius 3 is 2.13 bits per heavy atom. The summed E-state index contributed by atoms with van der Waals surface area (Å²) in [6, 6.07) is 0. The lowest BCUT2D eigenvalue weighted by Gasteiger charge is -2.46. The highest BCUT2D eigenvalue weighted by atomic mass is 16.5. The Kier molecular flexibility index (Phi) is 6.59. The predicted molar refractivity (Wildman–Crippen MR) is 118 cm³/mol. The zero-order chi connectivity index (χ0) is 23.1. The lowest BCUT2D eigenvalue weighted by molar-refractivity contribution is -0.156. The summed E-state index contributed by atoms with van der Waals surface area (Å²) in [5, 5.41) is 0. The minimum Gasteiger partial charge on any atom is -0.496 e. The molecule has 3 rings (SSSR count). The molecule has 2 aliphatic carbocycles. The minimum atomic E-state index is -0.281. The van der Waals surface area contributed by atoms with Gasteiger partial charge in [-0.25, -0.2) is 0 Å². The van der Waals surface area contributed by atoms with Crippen LogP contribution in [0.5, 0.6) is 17.2 Å². The van der Waals surface area contributed by atoms with E-state index >= 15 is 0 Å². The lowest BCUT2D eigenvalue weighted by Crippen LogP contribution is -2.45. The molecule has 2 aliphatic rings. The van der Waals surface area contributed by atoms with E-state index in [9.17, 15) is 9.59 Å². The Morgan fingerprint density at radius 1 is 1.00 bits per heavy atom. The van der Waals surface area contributed by atoms with Crippen molar-refractivity contribution in [2.24, 2.45) is 17.3 Å². The molecule has 0 unspecified atom stereocenters. The van der Waals surface area contributed by atoms with E-state index in [0.29, 0.717) is 35.7 Å². The summed E-state index contributed by atoms with van der Waals surface area (Å²) in [5.41, 5.74) is 2.20. The van der Waals surface area contributed by atoms with Gasteiger partial charge in [-0.05, 0) is 36.5 Å². The molecule has 1 aromatic carbocycles. The quantitative estimate of drug-likeness (QED) is 0.613. The summed E-state index contributed by atoms with van der Waals surface area (Å²) < 4.78 is 23.2. The van der Waals surface area contributed by atoms with Crippen molar-refractivity contribution in [2.45, 2.75) is 72.3 Å². The van der Waals surface area contributed by atoms with Gasteiger partial charge in [0.25, 0.3) is 0 Å². The molecule has 0 radical (unpaired) electrons. The number of hydrogen-bond acceptors (Lipinski definition) is 6. The van der Waals surface area contributed by atoms with Crippen molar-refractivity contribution < 1.29 is 28.5 Å². The van der Waals surface area contributed by atoms with Crippen LogP contribution in [0.15, 0.2) is 0 Å². The number of carbonyl (C=O) groups excluding carboxylic acids is 2. The predicted octanol–water partition coefficient (Wildman–Crippen LogP) is 4.95. The molecule has 1 aromatic rings. The molecule has 31 heavy (non-hydrogen) atoms. The van der Waals surface area contributed by atoms with Gasteiger partial charge in [0.1, 0.15) is 11.9 Å². The summed E-state index contributed by atoms with van der Waals surface area (Å²) in [6.07, 6.45) is 2.44. The molecular formula is C25H36O6. The fraction of sp³-hybridized carbons (Fsp3) is 0.680. The first-order valence-corrected chi connectivity index (χ1v) is 11.1. The molecule has 0 spiro atoms. The number of ketones is 1. The average molecular weight is 433 g/mol. The molecule has 1 saturated carbocycles. The number of methoxy groups -OCH3 is 3. The molecule has 0 bridgehead atoms. The van der Waals surface area contributed by atoms with Gasteiger partial charge in [0.15, 0.2) is 17.3 Å². The highest BCUT2D eigenvalue weighted by Gasteiger charge is 2.49. The average Bonchev–Trinajstić information content (AvgIpc) is 2.85. The molecular weight excluding hydrogens is 396 g/mol. The molecule has 0 amide bonds. The van der Waals surface area contributed by atoms with Gasteiger partial charge < -0.3 is 18.9 Å². The van der Waals surface area contributed by atoms with Crippen molar-refractivity contribution in [2.75, 3.05) is 21.3 Å². The van der Waals surface area contributed by atoms with E-state index in [4.69, 9.17) is 18.9 Å². The van der Waals surface area contributed by atoms with Gasteiger partial charge >= 0.3 is 5.97 Å². The molecule has 6 nitrogen and oxygen atoms in total. The maximum atomic E-state index is 13.7. The Bertz CT molecular complexity index is 869. The van der Waals surface area contributed by atoms with Gasteiger partial charge in [0.05, 0.1) is 26.9 Å². The number of hydrogen-bond donors (Lipinski definition) is 0. The van der Waals surface area contributed by atoms with Gasteiger partial charge in [0.2, 0.25) is 0 Å². The molecule has 172 valence electrons. The number of benzene rings is 1. The van der Waals surface area contributed by atoms with Crippen LogP contribution in [0.1, 0.15) is 81.3 Å². The van der Waals surface area contributed by atoms with E-state index in [1.54, 1.807) is 21.3 Å². The molecule has 6 heteroatoms. The number of esters is 1. The van der Waals surface area contributed by atoms with E-state index in [-0.39, 0.29) is 41.0 Å². The lowest BCUT2D eigenvalue weighted by atomic mass is 9.60. The van der Waals surface area contributed by atoms with E-state index < -0.39 is 0 Å². The first-order valence-electron chi connectivity index (χ1n) is 11.1. The fourth-order valence-electron chi connectivity index (χ4n) is 5.74. The van der Waals surface area contributed by atoms with Crippen molar-refractivity contribution in [3.63, 3.8) is 0 Å². The Hall–Kier alpha value is -2.24. The van der Waals surface area contributed by atoms with Gasteiger partial charge in [-0.3, -0.25) is 9.59 Å². The van der Waals surface area contributed by atoms with Crippen molar-refractivity contribution in [3.8, 4) is 17.2 Å². The van der Waals surface area contributed by atoms with Gasteiger partial charge in [0, 0.05) is 30.4 Å². The third-order valence-electron chi connectivity index (χ3n) is 7.20. The second-order valence-electron chi connectivity index (χ2n) is 9.80. The summed E-state index contributed by atoms with van der Waals surface area (Å²) >= 11 is 0. The molecule has 0 aliphatic heterocycles. The van der Waals surface area contributed by atoms with Crippen molar-refractivity contribution in [3.05, 3.63) is 16.7 Å². The third-order valence-corrected chi connectivity index (χ3v) is 7.20. The molecule has 0 saturated heterocycles. The van der Waals surface area contributed by atoms with Gasteiger partial charge in [-0.2, -0.15) is 0 Å². The minimum absolute atomic E-state index is 0.0195. The van der Waals surface area contributed by atoms with E-state index in [0.717, 1.165) is 24.0 Å². The van der Waals surface area contributed by atoms with Crippen molar-refractivity contribution in [1.82, 2.24) is 0 Å². The number of rotatable bonds is 5. The largest absolute Gasteiger partial charge is 0.496 e. The summed E-state index contributed by atoms with van der Waals surface area (Å²) in [7, 11) is 4.82. The highest BCUT2D eigenvalue weighted by molar-refractivity contribution is 6.02. The topological polar surface area (TPSA) is 71.1 Å². The maximum absolute atomic E-state index is 13.7. The third kappa shape index (κ3) is 4.01. The van der Waals surface area contributed by atoms with Crippen LogP contribution in [0.4, 0.5) is 0 Å². The summed E-state index contributed by atoms with van der Waals surface area (Å²) in [5.74, 6) is 1.73. The van der Waals surface area contributed by atoms with Crippen LogP contribution >= 0.6 is 0 Å². The highest BCUT2D eigenvalue weighted by Crippen LogP contribution is 2.55. The monoisotopic (exact) mass is 432 g/mol. The molecule has 0 aromatic heterocycles. The Balaban J connectivity index is 2.28. The second kappa shape index (κ2) is 8.71. The van der Waals surface area contributed by atoms with Crippen LogP contribution in [-0.4, -0.2) is 39.2 Å². The number of fused-ring (bicyclic) bond motifs is 2. The van der Waals surface area contributed by atoms with Crippen molar-refractivity contribution in [1.29, 1.82) is 0 Å². The zero-order valence-corrected chi connectivity index (χ0v) is 20.1. The number of Topliss-reactive ketones (excluding diaryl/α,β-unsaturated/α-hetero) is 1. The Labute approximate surface area is 185 Å². The SMILES string of the molecule is COc1c2c(c(OC)c(C(C)C)c1OC)C(=O)C[C@@H]1[C@@H](C2)[C@@H](OC(C)=O)CCC1(C)C. The number of ether oxygens (including phenoxy) is 4. The molecule has 3 atom stereocenters.